The Bertz CT molecular complexity index is 579. The Morgan fingerprint density at radius 1 is 1.14 bits per heavy atom. The molecule has 0 radical (unpaired) electrons. The first-order chi connectivity index (χ1) is 10.0. The Kier molecular flexibility index (Phi) is 5.28. The van der Waals surface area contributed by atoms with Crippen molar-refractivity contribution in [1.29, 1.82) is 0 Å². The van der Waals surface area contributed by atoms with Crippen LogP contribution >= 0.6 is 0 Å². The number of aromatic nitrogens is 2. The molecule has 0 atom stereocenters. The lowest BCUT2D eigenvalue weighted by molar-refractivity contribution is 0.437. The molecule has 0 saturated heterocycles. The van der Waals surface area contributed by atoms with E-state index in [-0.39, 0.29) is 0 Å². The van der Waals surface area contributed by atoms with E-state index < -0.39 is 0 Å². The van der Waals surface area contributed by atoms with Crippen molar-refractivity contribution in [2.75, 3.05) is 6.54 Å². The van der Waals surface area contributed by atoms with Gasteiger partial charge < -0.3 is 10.1 Å². The van der Waals surface area contributed by atoms with Crippen LogP contribution in [-0.2, 0) is 6.54 Å². The van der Waals surface area contributed by atoms with Gasteiger partial charge in [0.25, 0.3) is 0 Å². The second kappa shape index (κ2) is 7.18. The standard InChI is InChI=1S/C17H23N3O/c1-12(2)8-18-9-15-10-19-17(20-11-15)21-16-7-13(3)5-6-14(16)4/h5-7,10-12,18H,8-9H2,1-4H3. The highest BCUT2D eigenvalue weighted by molar-refractivity contribution is 5.37. The van der Waals surface area contributed by atoms with E-state index in [1.54, 1.807) is 12.4 Å². The first-order valence-corrected chi connectivity index (χ1v) is 7.31. The number of hydrogen-bond acceptors (Lipinski definition) is 4. The minimum absolute atomic E-state index is 0.385. The molecule has 1 heterocycles. The van der Waals surface area contributed by atoms with Crippen LogP contribution in [0.1, 0.15) is 30.5 Å². The van der Waals surface area contributed by atoms with E-state index in [2.05, 4.69) is 35.2 Å². The predicted molar refractivity (Wildman–Crippen MR) is 84.6 cm³/mol. The van der Waals surface area contributed by atoms with Gasteiger partial charge >= 0.3 is 6.01 Å². The monoisotopic (exact) mass is 285 g/mol. The normalized spacial score (nSPS) is 10.9. The van der Waals surface area contributed by atoms with Crippen molar-refractivity contribution < 1.29 is 4.74 Å². The third-order valence-corrected chi connectivity index (χ3v) is 3.11. The molecule has 0 spiro atoms. The maximum absolute atomic E-state index is 5.75. The van der Waals surface area contributed by atoms with Crippen LogP contribution in [0.3, 0.4) is 0 Å². The predicted octanol–water partition coefficient (Wildman–Crippen LogP) is 3.63. The summed E-state index contributed by atoms with van der Waals surface area (Å²) in [4.78, 5) is 8.54. The molecule has 0 aliphatic carbocycles. The molecule has 0 bridgehead atoms. The number of nitrogens with zero attached hydrogens (tertiary/aromatic N) is 2. The molecule has 0 unspecified atom stereocenters. The van der Waals surface area contributed by atoms with Crippen molar-refractivity contribution in [1.82, 2.24) is 15.3 Å². The van der Waals surface area contributed by atoms with Crippen LogP contribution in [0.2, 0.25) is 0 Å². The number of rotatable bonds is 6. The fourth-order valence-corrected chi connectivity index (χ4v) is 1.91. The van der Waals surface area contributed by atoms with Crippen LogP contribution in [0.4, 0.5) is 0 Å². The van der Waals surface area contributed by atoms with E-state index in [0.29, 0.717) is 11.9 Å². The summed E-state index contributed by atoms with van der Waals surface area (Å²) in [6.45, 7) is 10.2. The fraction of sp³-hybridized carbons (Fsp3) is 0.412. The van der Waals surface area contributed by atoms with E-state index in [1.807, 2.05) is 26.0 Å². The second-order valence-corrected chi connectivity index (χ2v) is 5.77. The number of benzene rings is 1. The lowest BCUT2D eigenvalue weighted by Crippen LogP contribution is -2.19. The fourth-order valence-electron chi connectivity index (χ4n) is 1.91. The van der Waals surface area contributed by atoms with Crippen molar-refractivity contribution in [3.63, 3.8) is 0 Å². The van der Waals surface area contributed by atoms with Gasteiger partial charge in [0.05, 0.1) is 0 Å². The maximum Gasteiger partial charge on any atom is 0.321 e. The molecule has 21 heavy (non-hydrogen) atoms. The molecule has 4 nitrogen and oxygen atoms in total. The van der Waals surface area contributed by atoms with Gasteiger partial charge in [-0.2, -0.15) is 0 Å². The molecule has 0 aliphatic heterocycles. The zero-order valence-corrected chi connectivity index (χ0v) is 13.2. The molecule has 1 aromatic carbocycles. The quantitative estimate of drug-likeness (QED) is 0.880. The summed E-state index contributed by atoms with van der Waals surface area (Å²) in [6.07, 6.45) is 3.61. The Hall–Kier alpha value is -1.94. The Labute approximate surface area is 126 Å². The minimum Gasteiger partial charge on any atom is -0.424 e. The smallest absolute Gasteiger partial charge is 0.321 e. The third-order valence-electron chi connectivity index (χ3n) is 3.11. The van der Waals surface area contributed by atoms with E-state index in [4.69, 9.17) is 4.74 Å². The molecule has 1 aromatic heterocycles. The van der Waals surface area contributed by atoms with Gasteiger partial charge in [0.2, 0.25) is 0 Å². The van der Waals surface area contributed by atoms with Crippen molar-refractivity contribution in [3.05, 3.63) is 47.3 Å². The largest absolute Gasteiger partial charge is 0.424 e. The molecule has 0 aliphatic rings. The topological polar surface area (TPSA) is 47.0 Å². The summed E-state index contributed by atoms with van der Waals surface area (Å²) in [5.41, 5.74) is 3.29. The molecule has 0 fully saturated rings. The first kappa shape index (κ1) is 15.4. The van der Waals surface area contributed by atoms with Crippen molar-refractivity contribution >= 4 is 0 Å². The molecule has 2 rings (SSSR count). The molecule has 112 valence electrons. The van der Waals surface area contributed by atoms with Crippen LogP contribution in [0.5, 0.6) is 11.8 Å². The second-order valence-electron chi connectivity index (χ2n) is 5.77. The van der Waals surface area contributed by atoms with Gasteiger partial charge in [-0.25, -0.2) is 9.97 Å². The molecule has 2 aromatic rings. The Balaban J connectivity index is 1.97. The lowest BCUT2D eigenvalue weighted by Gasteiger charge is -2.09. The van der Waals surface area contributed by atoms with Crippen molar-refractivity contribution in [2.24, 2.45) is 5.92 Å². The summed E-state index contributed by atoms with van der Waals surface area (Å²) in [5.74, 6) is 1.44. The van der Waals surface area contributed by atoms with Gasteiger partial charge in [-0.1, -0.05) is 26.0 Å². The van der Waals surface area contributed by atoms with Crippen molar-refractivity contribution in [3.8, 4) is 11.8 Å². The zero-order valence-electron chi connectivity index (χ0n) is 13.2. The Morgan fingerprint density at radius 2 is 1.86 bits per heavy atom. The number of ether oxygens (including phenoxy) is 1. The van der Waals surface area contributed by atoms with Gasteiger partial charge in [-0.15, -0.1) is 0 Å². The van der Waals surface area contributed by atoms with Gasteiger partial charge in [0.1, 0.15) is 5.75 Å². The highest BCUT2D eigenvalue weighted by atomic mass is 16.5. The summed E-state index contributed by atoms with van der Waals surface area (Å²) in [6, 6.07) is 6.48. The molecule has 4 heteroatoms. The van der Waals surface area contributed by atoms with E-state index in [9.17, 15) is 0 Å². The van der Waals surface area contributed by atoms with Gasteiger partial charge in [0, 0.05) is 24.5 Å². The van der Waals surface area contributed by atoms with Crippen LogP contribution in [0.15, 0.2) is 30.6 Å². The van der Waals surface area contributed by atoms with Crippen LogP contribution in [-0.4, -0.2) is 16.5 Å². The van der Waals surface area contributed by atoms with Gasteiger partial charge in [-0.3, -0.25) is 0 Å². The highest BCUT2D eigenvalue weighted by Gasteiger charge is 2.04. The minimum atomic E-state index is 0.385. The van der Waals surface area contributed by atoms with Crippen LogP contribution < -0.4 is 10.1 Å². The average Bonchev–Trinajstić information content (AvgIpc) is 2.44. The molecule has 1 N–H and O–H groups in total. The summed E-state index contributed by atoms with van der Waals surface area (Å²) < 4.78 is 5.75. The summed E-state index contributed by atoms with van der Waals surface area (Å²) in [7, 11) is 0. The molecular weight excluding hydrogens is 262 g/mol. The maximum atomic E-state index is 5.75. The zero-order chi connectivity index (χ0) is 15.2. The molecule has 0 saturated carbocycles. The van der Waals surface area contributed by atoms with Crippen LogP contribution in [0, 0.1) is 19.8 Å². The lowest BCUT2D eigenvalue weighted by atomic mass is 10.1. The number of aryl methyl sites for hydroxylation is 2. The highest BCUT2D eigenvalue weighted by Crippen LogP contribution is 2.23. The third kappa shape index (κ3) is 4.83. The van der Waals surface area contributed by atoms with Crippen molar-refractivity contribution in [2.45, 2.75) is 34.2 Å². The average molecular weight is 285 g/mol. The first-order valence-electron chi connectivity index (χ1n) is 7.31. The van der Waals surface area contributed by atoms with Gasteiger partial charge in [-0.05, 0) is 43.5 Å². The summed E-state index contributed by atoms with van der Waals surface area (Å²) in [5, 5.41) is 3.37. The number of nitrogens with one attached hydrogen (secondary N) is 1. The van der Waals surface area contributed by atoms with Crippen LogP contribution in [0.25, 0.3) is 0 Å². The summed E-state index contributed by atoms with van der Waals surface area (Å²) >= 11 is 0. The molecular formula is C17H23N3O. The van der Waals surface area contributed by atoms with E-state index in [0.717, 1.165) is 35.5 Å². The number of hydrogen-bond donors (Lipinski definition) is 1. The Morgan fingerprint density at radius 3 is 2.52 bits per heavy atom. The SMILES string of the molecule is Cc1ccc(C)c(Oc2ncc(CNCC(C)C)cn2)c1. The van der Waals surface area contributed by atoms with Gasteiger partial charge in [0.15, 0.2) is 0 Å². The van der Waals surface area contributed by atoms with E-state index >= 15 is 0 Å². The molecule has 0 amide bonds. The van der Waals surface area contributed by atoms with E-state index in [1.165, 1.54) is 0 Å².